The van der Waals surface area contributed by atoms with Crippen molar-refractivity contribution in [3.05, 3.63) is 0 Å². The quantitative estimate of drug-likeness (QED) is 0.503. The average molecular weight is 102 g/mol. The minimum absolute atomic E-state index is 0.153. The van der Waals surface area contributed by atoms with Gasteiger partial charge in [0.1, 0.15) is 0 Å². The van der Waals surface area contributed by atoms with Crippen LogP contribution in [0.2, 0.25) is 0 Å². The molecule has 0 saturated heterocycles. The van der Waals surface area contributed by atoms with Gasteiger partial charge in [-0.05, 0) is 19.9 Å². The highest BCUT2D eigenvalue weighted by atomic mass is 15.0. The molecule has 2 nitrogen and oxygen atoms in total. The standard InChI is InChI=1S/C5H14N2/c1-3-4-7-5(2)6/h5,7H,3-4,6H2,1-2H3/t5-/m1/s1. The van der Waals surface area contributed by atoms with Crippen molar-refractivity contribution >= 4 is 0 Å². The van der Waals surface area contributed by atoms with Crippen LogP contribution in [0.4, 0.5) is 0 Å². The van der Waals surface area contributed by atoms with Crippen LogP contribution in [0.1, 0.15) is 20.3 Å². The van der Waals surface area contributed by atoms with Gasteiger partial charge in [-0.1, -0.05) is 6.92 Å². The van der Waals surface area contributed by atoms with E-state index in [-0.39, 0.29) is 6.17 Å². The predicted molar refractivity (Wildman–Crippen MR) is 31.9 cm³/mol. The van der Waals surface area contributed by atoms with Gasteiger partial charge in [0, 0.05) is 0 Å². The molecule has 0 rings (SSSR count). The van der Waals surface area contributed by atoms with Crippen molar-refractivity contribution in [2.45, 2.75) is 26.4 Å². The largest absolute Gasteiger partial charge is 0.316 e. The van der Waals surface area contributed by atoms with E-state index in [1.54, 1.807) is 0 Å². The molecule has 0 aliphatic rings. The van der Waals surface area contributed by atoms with Crippen LogP contribution in [0.5, 0.6) is 0 Å². The third-order valence-corrected chi connectivity index (χ3v) is 0.716. The first-order valence-electron chi connectivity index (χ1n) is 2.76. The van der Waals surface area contributed by atoms with Gasteiger partial charge in [-0.3, -0.25) is 0 Å². The Morgan fingerprint density at radius 2 is 2.29 bits per heavy atom. The van der Waals surface area contributed by atoms with Crippen LogP contribution in [0.15, 0.2) is 0 Å². The van der Waals surface area contributed by atoms with E-state index in [0.717, 1.165) is 13.0 Å². The van der Waals surface area contributed by atoms with Crippen molar-refractivity contribution in [3.8, 4) is 0 Å². The Labute approximate surface area is 45.1 Å². The molecule has 0 aliphatic heterocycles. The summed E-state index contributed by atoms with van der Waals surface area (Å²) < 4.78 is 0. The third kappa shape index (κ3) is 5.92. The van der Waals surface area contributed by atoms with Crippen LogP contribution in [0.25, 0.3) is 0 Å². The summed E-state index contributed by atoms with van der Waals surface area (Å²) in [5, 5.41) is 3.07. The van der Waals surface area contributed by atoms with Crippen LogP contribution < -0.4 is 11.1 Å². The fraction of sp³-hybridized carbons (Fsp3) is 1.00. The molecule has 0 amide bonds. The lowest BCUT2D eigenvalue weighted by atomic mass is 10.4. The second-order valence-electron chi connectivity index (χ2n) is 1.74. The first-order chi connectivity index (χ1) is 3.27. The molecule has 0 unspecified atom stereocenters. The Balaban J connectivity index is 2.68. The molecule has 0 aliphatic carbocycles. The summed E-state index contributed by atoms with van der Waals surface area (Å²) >= 11 is 0. The Bertz CT molecular complexity index is 35.1. The maximum atomic E-state index is 5.37. The van der Waals surface area contributed by atoms with Gasteiger partial charge in [-0.15, -0.1) is 0 Å². The van der Waals surface area contributed by atoms with Crippen molar-refractivity contribution < 1.29 is 0 Å². The topological polar surface area (TPSA) is 38.0 Å². The van der Waals surface area contributed by atoms with E-state index in [4.69, 9.17) is 5.73 Å². The highest BCUT2D eigenvalue weighted by Crippen LogP contribution is 1.70. The smallest absolute Gasteiger partial charge is 0.0517 e. The van der Waals surface area contributed by atoms with Crippen LogP contribution in [0, 0.1) is 0 Å². The first kappa shape index (κ1) is 6.92. The second-order valence-corrected chi connectivity index (χ2v) is 1.74. The van der Waals surface area contributed by atoms with Gasteiger partial charge >= 0.3 is 0 Å². The monoisotopic (exact) mass is 102 g/mol. The number of rotatable bonds is 3. The van der Waals surface area contributed by atoms with E-state index in [1.807, 2.05) is 6.92 Å². The van der Waals surface area contributed by atoms with Crippen molar-refractivity contribution in [3.63, 3.8) is 0 Å². The Hall–Kier alpha value is -0.0800. The van der Waals surface area contributed by atoms with Gasteiger partial charge in [0.05, 0.1) is 6.17 Å². The van der Waals surface area contributed by atoms with Crippen molar-refractivity contribution in [2.75, 3.05) is 6.54 Å². The highest BCUT2D eigenvalue weighted by molar-refractivity contribution is 4.46. The zero-order chi connectivity index (χ0) is 5.70. The molecule has 0 radical (unpaired) electrons. The molecule has 0 aromatic heterocycles. The molecular weight excluding hydrogens is 88.1 g/mol. The SMILES string of the molecule is CCCN[C@H](C)N. The fourth-order valence-corrected chi connectivity index (χ4v) is 0.372. The van der Waals surface area contributed by atoms with E-state index in [1.165, 1.54) is 0 Å². The molecule has 1 atom stereocenters. The fourth-order valence-electron chi connectivity index (χ4n) is 0.372. The first-order valence-corrected chi connectivity index (χ1v) is 2.76. The van der Waals surface area contributed by atoms with Crippen LogP contribution >= 0.6 is 0 Å². The maximum Gasteiger partial charge on any atom is 0.0517 e. The molecular formula is C5H14N2. The molecule has 0 fully saturated rings. The van der Waals surface area contributed by atoms with E-state index in [2.05, 4.69) is 12.2 Å². The summed E-state index contributed by atoms with van der Waals surface area (Å²) in [7, 11) is 0. The Kier molecular flexibility index (Phi) is 4.04. The molecule has 0 aromatic rings. The molecule has 0 bridgehead atoms. The van der Waals surface area contributed by atoms with Crippen molar-refractivity contribution in [2.24, 2.45) is 5.73 Å². The van der Waals surface area contributed by atoms with E-state index in [9.17, 15) is 0 Å². The minimum Gasteiger partial charge on any atom is -0.316 e. The minimum atomic E-state index is 0.153. The van der Waals surface area contributed by atoms with Crippen molar-refractivity contribution in [1.29, 1.82) is 0 Å². The third-order valence-electron chi connectivity index (χ3n) is 0.716. The zero-order valence-corrected chi connectivity index (χ0v) is 5.07. The van der Waals surface area contributed by atoms with Crippen molar-refractivity contribution in [1.82, 2.24) is 5.32 Å². The number of hydrogen-bond donors (Lipinski definition) is 2. The van der Waals surface area contributed by atoms with E-state index < -0.39 is 0 Å². The molecule has 44 valence electrons. The normalized spacial score (nSPS) is 14.1. The van der Waals surface area contributed by atoms with Gasteiger partial charge in [-0.2, -0.15) is 0 Å². The molecule has 2 heteroatoms. The number of hydrogen-bond acceptors (Lipinski definition) is 2. The summed E-state index contributed by atoms with van der Waals surface area (Å²) in [6, 6.07) is 0. The number of nitrogens with two attached hydrogens (primary N) is 1. The van der Waals surface area contributed by atoms with Gasteiger partial charge in [-0.25, -0.2) is 0 Å². The van der Waals surface area contributed by atoms with E-state index in [0.29, 0.717) is 0 Å². The predicted octanol–water partition coefficient (Wildman–Crippen LogP) is 0.291. The Morgan fingerprint density at radius 1 is 1.71 bits per heavy atom. The number of nitrogens with one attached hydrogen (secondary N) is 1. The van der Waals surface area contributed by atoms with Crippen LogP contribution in [-0.2, 0) is 0 Å². The van der Waals surface area contributed by atoms with Gasteiger partial charge < -0.3 is 11.1 Å². The molecule has 0 heterocycles. The molecule has 0 saturated carbocycles. The summed E-state index contributed by atoms with van der Waals surface area (Å²) in [5.41, 5.74) is 5.37. The maximum absolute atomic E-state index is 5.37. The molecule has 7 heavy (non-hydrogen) atoms. The van der Waals surface area contributed by atoms with Gasteiger partial charge in [0.15, 0.2) is 0 Å². The summed E-state index contributed by atoms with van der Waals surface area (Å²) in [6.45, 7) is 5.09. The lowest BCUT2D eigenvalue weighted by molar-refractivity contribution is 0.563. The Morgan fingerprint density at radius 3 is 2.43 bits per heavy atom. The lowest BCUT2D eigenvalue weighted by Gasteiger charge is -2.03. The summed E-state index contributed by atoms with van der Waals surface area (Å²) in [5.74, 6) is 0. The van der Waals surface area contributed by atoms with Gasteiger partial charge in [0.2, 0.25) is 0 Å². The van der Waals surface area contributed by atoms with Gasteiger partial charge in [0.25, 0.3) is 0 Å². The second kappa shape index (κ2) is 4.09. The van der Waals surface area contributed by atoms with Crippen LogP contribution in [0.3, 0.4) is 0 Å². The molecule has 3 N–H and O–H groups in total. The highest BCUT2D eigenvalue weighted by Gasteiger charge is 1.85. The summed E-state index contributed by atoms with van der Waals surface area (Å²) in [6.07, 6.45) is 1.31. The molecule has 0 spiro atoms. The van der Waals surface area contributed by atoms with Crippen LogP contribution in [-0.4, -0.2) is 12.7 Å². The summed E-state index contributed by atoms with van der Waals surface area (Å²) in [4.78, 5) is 0. The molecule has 0 aromatic carbocycles. The van der Waals surface area contributed by atoms with E-state index >= 15 is 0 Å². The lowest BCUT2D eigenvalue weighted by Crippen LogP contribution is -2.34. The zero-order valence-electron chi connectivity index (χ0n) is 5.07. The average Bonchev–Trinajstić information content (AvgIpc) is 1.61.